The minimum Gasteiger partial charge on any atom is -0.359 e. The molecule has 1 atom stereocenters. The van der Waals surface area contributed by atoms with Gasteiger partial charge in [0.05, 0.1) is 6.42 Å². The van der Waals surface area contributed by atoms with Gasteiger partial charge < -0.3 is 20.9 Å². The first kappa shape index (κ1) is 17.3. The maximum Gasteiger partial charge on any atom is 0.319 e. The second kappa shape index (κ2) is 8.53. The molecule has 1 aliphatic rings. The van der Waals surface area contributed by atoms with Gasteiger partial charge in [-0.05, 0) is 50.6 Å². The summed E-state index contributed by atoms with van der Waals surface area (Å²) in [6.07, 6.45) is 3.79. The molecule has 1 aliphatic heterocycles. The van der Waals surface area contributed by atoms with E-state index in [1.165, 1.54) is 12.8 Å². The van der Waals surface area contributed by atoms with E-state index in [-0.39, 0.29) is 11.9 Å². The van der Waals surface area contributed by atoms with E-state index in [0.717, 1.165) is 24.2 Å². The third-order valence-electron chi connectivity index (χ3n) is 4.29. The van der Waals surface area contributed by atoms with Crippen LogP contribution in [0.5, 0.6) is 0 Å². The number of rotatable bonds is 6. The number of likely N-dealkylation sites (N-methyl/N-ethyl adjacent to an activating group) is 1. The summed E-state index contributed by atoms with van der Waals surface area (Å²) in [4.78, 5) is 25.5. The Labute approximate surface area is 137 Å². The number of hydrogen-bond donors (Lipinski definition) is 3. The SMILES string of the molecule is CNC(=O)Cc1ccc(NC(=O)NCC[C@@H]2CCCN2C)cc1. The molecule has 0 aliphatic carbocycles. The van der Waals surface area contributed by atoms with Crippen LogP contribution in [0.25, 0.3) is 0 Å². The molecule has 2 rings (SSSR count). The number of nitrogens with one attached hydrogen (secondary N) is 3. The minimum atomic E-state index is -0.190. The zero-order valence-electron chi connectivity index (χ0n) is 13.9. The quantitative estimate of drug-likeness (QED) is 0.745. The molecule has 0 radical (unpaired) electrons. The maximum atomic E-state index is 11.9. The Balaban J connectivity index is 1.71. The van der Waals surface area contributed by atoms with Gasteiger partial charge >= 0.3 is 6.03 Å². The largest absolute Gasteiger partial charge is 0.359 e. The molecule has 0 aromatic heterocycles. The molecular formula is C17H26N4O2. The number of carbonyl (C=O) groups is 2. The van der Waals surface area contributed by atoms with Crippen LogP contribution in [0.3, 0.4) is 0 Å². The van der Waals surface area contributed by atoms with E-state index < -0.39 is 0 Å². The van der Waals surface area contributed by atoms with Crippen molar-refractivity contribution in [1.29, 1.82) is 0 Å². The first-order chi connectivity index (χ1) is 11.1. The molecule has 23 heavy (non-hydrogen) atoms. The molecule has 0 bridgehead atoms. The second-order valence-corrected chi connectivity index (χ2v) is 5.99. The summed E-state index contributed by atoms with van der Waals surface area (Å²) in [6.45, 7) is 1.83. The molecule has 3 N–H and O–H groups in total. The molecule has 1 saturated heterocycles. The molecule has 1 aromatic carbocycles. The first-order valence-electron chi connectivity index (χ1n) is 8.13. The standard InChI is InChI=1S/C17H26N4O2/c1-18-16(22)12-13-5-7-14(8-6-13)20-17(23)19-10-9-15-4-3-11-21(15)2/h5-8,15H,3-4,9-12H2,1-2H3,(H,18,22)(H2,19,20,23)/t15-/m0/s1. The van der Waals surface area contributed by atoms with Gasteiger partial charge in [-0.25, -0.2) is 4.79 Å². The number of likely N-dealkylation sites (tertiary alicyclic amines) is 1. The third kappa shape index (κ3) is 5.56. The Bertz CT molecular complexity index is 530. The second-order valence-electron chi connectivity index (χ2n) is 5.99. The van der Waals surface area contributed by atoms with Gasteiger partial charge in [-0.2, -0.15) is 0 Å². The zero-order chi connectivity index (χ0) is 16.7. The molecule has 0 saturated carbocycles. The van der Waals surface area contributed by atoms with Gasteiger partial charge in [0.25, 0.3) is 0 Å². The Hall–Kier alpha value is -2.08. The smallest absolute Gasteiger partial charge is 0.319 e. The van der Waals surface area contributed by atoms with Crippen LogP contribution in [0.2, 0.25) is 0 Å². The molecule has 3 amide bonds. The fourth-order valence-corrected chi connectivity index (χ4v) is 2.85. The van der Waals surface area contributed by atoms with Crippen molar-refractivity contribution in [2.45, 2.75) is 31.7 Å². The van der Waals surface area contributed by atoms with Crippen LogP contribution in [0.1, 0.15) is 24.8 Å². The monoisotopic (exact) mass is 318 g/mol. The van der Waals surface area contributed by atoms with Gasteiger partial charge in [0, 0.05) is 25.3 Å². The Morgan fingerprint density at radius 1 is 1.26 bits per heavy atom. The lowest BCUT2D eigenvalue weighted by atomic mass is 10.1. The average molecular weight is 318 g/mol. The fraction of sp³-hybridized carbons (Fsp3) is 0.529. The third-order valence-corrected chi connectivity index (χ3v) is 4.29. The van der Waals surface area contributed by atoms with Crippen LogP contribution in [0, 0.1) is 0 Å². The van der Waals surface area contributed by atoms with E-state index in [1.807, 2.05) is 24.3 Å². The lowest BCUT2D eigenvalue weighted by Crippen LogP contribution is -2.34. The summed E-state index contributed by atoms with van der Waals surface area (Å²) in [5.74, 6) is -0.0275. The summed E-state index contributed by atoms with van der Waals surface area (Å²) in [7, 11) is 3.75. The van der Waals surface area contributed by atoms with E-state index in [2.05, 4.69) is 27.9 Å². The highest BCUT2D eigenvalue weighted by atomic mass is 16.2. The van der Waals surface area contributed by atoms with Crippen LogP contribution in [-0.2, 0) is 11.2 Å². The van der Waals surface area contributed by atoms with Gasteiger partial charge in [0.1, 0.15) is 0 Å². The fourth-order valence-electron chi connectivity index (χ4n) is 2.85. The van der Waals surface area contributed by atoms with Gasteiger partial charge in [-0.3, -0.25) is 4.79 Å². The lowest BCUT2D eigenvalue weighted by Gasteiger charge is -2.19. The number of urea groups is 1. The molecule has 0 unspecified atom stereocenters. The van der Waals surface area contributed by atoms with Crippen LogP contribution in [0.4, 0.5) is 10.5 Å². The van der Waals surface area contributed by atoms with Gasteiger partial charge in [0.15, 0.2) is 0 Å². The molecule has 6 heteroatoms. The summed E-state index contributed by atoms with van der Waals surface area (Å²) in [6, 6.07) is 7.70. The normalized spacial score (nSPS) is 17.7. The Morgan fingerprint density at radius 3 is 2.61 bits per heavy atom. The minimum absolute atomic E-state index is 0.0275. The van der Waals surface area contributed by atoms with Gasteiger partial charge in [0.2, 0.25) is 5.91 Å². The van der Waals surface area contributed by atoms with E-state index >= 15 is 0 Å². The Morgan fingerprint density at radius 2 is 2.00 bits per heavy atom. The molecule has 6 nitrogen and oxygen atoms in total. The highest BCUT2D eigenvalue weighted by Crippen LogP contribution is 2.17. The Kier molecular flexibility index (Phi) is 6.40. The van der Waals surface area contributed by atoms with Crippen molar-refractivity contribution in [3.63, 3.8) is 0 Å². The number of carbonyl (C=O) groups excluding carboxylic acids is 2. The van der Waals surface area contributed by atoms with Gasteiger partial charge in [-0.15, -0.1) is 0 Å². The van der Waals surface area contributed by atoms with Crippen molar-refractivity contribution in [1.82, 2.24) is 15.5 Å². The first-order valence-corrected chi connectivity index (χ1v) is 8.13. The molecule has 126 valence electrons. The van der Waals surface area contributed by atoms with E-state index in [0.29, 0.717) is 19.0 Å². The predicted molar refractivity (Wildman–Crippen MR) is 91.5 cm³/mol. The number of amides is 3. The van der Waals surface area contributed by atoms with Crippen LogP contribution in [0.15, 0.2) is 24.3 Å². The number of nitrogens with zero attached hydrogens (tertiary/aromatic N) is 1. The highest BCUT2D eigenvalue weighted by molar-refractivity contribution is 5.89. The average Bonchev–Trinajstić information content (AvgIpc) is 2.94. The van der Waals surface area contributed by atoms with E-state index in [4.69, 9.17) is 0 Å². The topological polar surface area (TPSA) is 73.5 Å². The molecule has 1 fully saturated rings. The predicted octanol–water partition coefficient (Wildman–Crippen LogP) is 1.58. The number of hydrogen-bond acceptors (Lipinski definition) is 3. The molecule has 1 heterocycles. The van der Waals surface area contributed by atoms with E-state index in [1.54, 1.807) is 7.05 Å². The lowest BCUT2D eigenvalue weighted by molar-refractivity contribution is -0.119. The zero-order valence-corrected chi connectivity index (χ0v) is 13.9. The summed E-state index contributed by atoms with van der Waals surface area (Å²) in [5, 5.41) is 8.29. The number of anilines is 1. The molecule has 1 aromatic rings. The van der Waals surface area contributed by atoms with Crippen molar-refractivity contribution in [3.05, 3.63) is 29.8 Å². The summed E-state index contributed by atoms with van der Waals surface area (Å²) >= 11 is 0. The van der Waals surface area contributed by atoms with Crippen molar-refractivity contribution >= 4 is 17.6 Å². The maximum absolute atomic E-state index is 11.9. The van der Waals surface area contributed by atoms with Crippen LogP contribution < -0.4 is 16.0 Å². The molecular weight excluding hydrogens is 292 g/mol. The summed E-state index contributed by atoms with van der Waals surface area (Å²) in [5.41, 5.74) is 1.64. The van der Waals surface area contributed by atoms with Gasteiger partial charge in [-0.1, -0.05) is 12.1 Å². The van der Waals surface area contributed by atoms with Crippen molar-refractivity contribution in [2.75, 3.05) is 32.5 Å². The molecule has 0 spiro atoms. The summed E-state index contributed by atoms with van der Waals surface area (Å²) < 4.78 is 0. The van der Waals surface area contributed by atoms with Crippen LogP contribution in [-0.4, -0.2) is 50.1 Å². The van der Waals surface area contributed by atoms with Crippen molar-refractivity contribution in [3.8, 4) is 0 Å². The van der Waals surface area contributed by atoms with Crippen LogP contribution >= 0.6 is 0 Å². The number of benzene rings is 1. The van der Waals surface area contributed by atoms with Crippen molar-refractivity contribution in [2.24, 2.45) is 0 Å². The van der Waals surface area contributed by atoms with E-state index in [9.17, 15) is 9.59 Å². The highest BCUT2D eigenvalue weighted by Gasteiger charge is 2.20. The van der Waals surface area contributed by atoms with Crippen molar-refractivity contribution < 1.29 is 9.59 Å².